The molecule has 0 rings (SSSR count). The Kier molecular flexibility index (Phi) is 41.2. The van der Waals surface area contributed by atoms with Gasteiger partial charge in [0.1, 0.15) is 0 Å². The standard InChI is InChI=1S/C47H93NO3/c1-4-5-6-7-8-9-10-11-12-13-14-15-16-17-18-19-20-21-22-23-24-25-26-30-33-36-39-42-47(51)48-45(43-49)46(50)41-38-35-32-29-27-28-31-34-37-40-44(2)3/h38,41,44-46,49-50H,4-37,39-40,42-43H2,1-3H3,(H,48,51)/b41-38+/t45-,46+/m0/s1. The third-order valence-corrected chi connectivity index (χ3v) is 10.9. The fourth-order valence-corrected chi connectivity index (χ4v) is 7.36. The summed E-state index contributed by atoms with van der Waals surface area (Å²) in [5.41, 5.74) is 0. The Morgan fingerprint density at radius 1 is 0.510 bits per heavy atom. The Balaban J connectivity index is 3.43. The van der Waals surface area contributed by atoms with E-state index in [1.165, 1.54) is 205 Å². The van der Waals surface area contributed by atoms with Crippen LogP contribution in [0.4, 0.5) is 0 Å². The second-order valence-corrected chi connectivity index (χ2v) is 16.7. The topological polar surface area (TPSA) is 69.6 Å². The van der Waals surface area contributed by atoms with Crippen LogP contribution < -0.4 is 5.32 Å². The second-order valence-electron chi connectivity index (χ2n) is 16.7. The summed E-state index contributed by atoms with van der Waals surface area (Å²) in [5.74, 6) is 0.762. The van der Waals surface area contributed by atoms with Gasteiger partial charge in [-0.15, -0.1) is 0 Å². The van der Waals surface area contributed by atoms with Gasteiger partial charge in [-0.3, -0.25) is 4.79 Å². The molecule has 0 unspecified atom stereocenters. The first-order valence-corrected chi connectivity index (χ1v) is 23.3. The number of aliphatic hydroxyl groups excluding tert-OH is 2. The van der Waals surface area contributed by atoms with Crippen molar-refractivity contribution in [3.63, 3.8) is 0 Å². The minimum Gasteiger partial charge on any atom is -0.394 e. The fourth-order valence-electron chi connectivity index (χ4n) is 7.36. The van der Waals surface area contributed by atoms with Crippen LogP contribution in [0.15, 0.2) is 12.2 Å². The first-order chi connectivity index (χ1) is 25.0. The molecule has 0 bridgehead atoms. The van der Waals surface area contributed by atoms with Gasteiger partial charge in [0.2, 0.25) is 5.91 Å². The smallest absolute Gasteiger partial charge is 0.220 e. The Labute approximate surface area is 320 Å². The van der Waals surface area contributed by atoms with Crippen LogP contribution in [0.25, 0.3) is 0 Å². The van der Waals surface area contributed by atoms with Crippen LogP contribution in [0.2, 0.25) is 0 Å². The molecule has 304 valence electrons. The van der Waals surface area contributed by atoms with E-state index in [0.717, 1.165) is 31.6 Å². The first-order valence-electron chi connectivity index (χ1n) is 23.3. The Bertz CT molecular complexity index is 708. The maximum atomic E-state index is 12.4. The van der Waals surface area contributed by atoms with E-state index in [1.54, 1.807) is 6.08 Å². The average Bonchev–Trinajstić information content (AvgIpc) is 3.12. The van der Waals surface area contributed by atoms with Crippen molar-refractivity contribution < 1.29 is 15.0 Å². The van der Waals surface area contributed by atoms with Gasteiger partial charge in [0.05, 0.1) is 18.8 Å². The number of carbonyl (C=O) groups excluding carboxylic acids is 1. The highest BCUT2D eigenvalue weighted by Gasteiger charge is 2.18. The predicted octanol–water partition coefficient (Wildman–Crippen LogP) is 14.5. The zero-order chi connectivity index (χ0) is 37.3. The van der Waals surface area contributed by atoms with Crippen LogP contribution in [0, 0.1) is 5.92 Å². The van der Waals surface area contributed by atoms with E-state index in [-0.39, 0.29) is 12.5 Å². The van der Waals surface area contributed by atoms with E-state index in [0.29, 0.717) is 6.42 Å². The molecule has 0 aromatic carbocycles. The second kappa shape index (κ2) is 41.9. The summed E-state index contributed by atoms with van der Waals surface area (Å²) < 4.78 is 0. The monoisotopic (exact) mass is 720 g/mol. The van der Waals surface area contributed by atoms with Crippen LogP contribution in [0.1, 0.15) is 258 Å². The lowest BCUT2D eigenvalue weighted by Crippen LogP contribution is -2.45. The molecule has 0 aromatic heterocycles. The molecule has 0 heterocycles. The zero-order valence-corrected chi connectivity index (χ0v) is 35.1. The summed E-state index contributed by atoms with van der Waals surface area (Å²) in [4.78, 5) is 12.4. The molecule has 0 radical (unpaired) electrons. The van der Waals surface area contributed by atoms with Crippen molar-refractivity contribution in [1.29, 1.82) is 0 Å². The van der Waals surface area contributed by atoms with E-state index in [9.17, 15) is 15.0 Å². The molecule has 0 aliphatic heterocycles. The maximum absolute atomic E-state index is 12.4. The summed E-state index contributed by atoms with van der Waals surface area (Å²) in [6.07, 6.45) is 52.0. The van der Waals surface area contributed by atoms with E-state index >= 15 is 0 Å². The van der Waals surface area contributed by atoms with Crippen molar-refractivity contribution >= 4 is 5.91 Å². The third-order valence-electron chi connectivity index (χ3n) is 10.9. The van der Waals surface area contributed by atoms with E-state index < -0.39 is 12.1 Å². The SMILES string of the molecule is CCCCCCCCCCCCCCCCCCCCCCCCCCCCCC(=O)N[C@@H](CO)[C@H](O)/C=C/CCCCCCCCCC(C)C. The van der Waals surface area contributed by atoms with Crippen molar-refractivity contribution in [2.24, 2.45) is 5.92 Å². The molecular formula is C47H93NO3. The molecule has 0 spiro atoms. The van der Waals surface area contributed by atoms with Gasteiger partial charge < -0.3 is 15.5 Å². The molecular weight excluding hydrogens is 627 g/mol. The number of amides is 1. The minimum absolute atomic E-state index is 0.0607. The minimum atomic E-state index is -0.835. The van der Waals surface area contributed by atoms with Crippen LogP contribution >= 0.6 is 0 Å². The number of carbonyl (C=O) groups is 1. The van der Waals surface area contributed by atoms with Crippen molar-refractivity contribution in [2.45, 2.75) is 270 Å². The zero-order valence-electron chi connectivity index (χ0n) is 35.1. The number of hydrogen-bond donors (Lipinski definition) is 3. The van der Waals surface area contributed by atoms with E-state index in [4.69, 9.17) is 0 Å². The normalized spacial score (nSPS) is 13.1. The van der Waals surface area contributed by atoms with Crippen molar-refractivity contribution in [1.82, 2.24) is 5.32 Å². The van der Waals surface area contributed by atoms with Gasteiger partial charge in [0.15, 0.2) is 0 Å². The lowest BCUT2D eigenvalue weighted by atomic mass is 10.0. The average molecular weight is 720 g/mol. The van der Waals surface area contributed by atoms with Gasteiger partial charge in [-0.05, 0) is 25.2 Å². The van der Waals surface area contributed by atoms with Gasteiger partial charge in [0, 0.05) is 6.42 Å². The number of nitrogens with one attached hydrogen (secondary N) is 1. The lowest BCUT2D eigenvalue weighted by molar-refractivity contribution is -0.123. The summed E-state index contributed by atoms with van der Waals surface area (Å²) in [6.45, 7) is 6.65. The van der Waals surface area contributed by atoms with E-state index in [2.05, 4.69) is 26.1 Å². The summed E-state index contributed by atoms with van der Waals surface area (Å²) in [7, 11) is 0. The Morgan fingerprint density at radius 3 is 1.20 bits per heavy atom. The summed E-state index contributed by atoms with van der Waals surface area (Å²) >= 11 is 0. The molecule has 0 aliphatic carbocycles. The number of hydrogen-bond acceptors (Lipinski definition) is 3. The van der Waals surface area contributed by atoms with Gasteiger partial charge in [-0.25, -0.2) is 0 Å². The molecule has 4 heteroatoms. The molecule has 0 aromatic rings. The highest BCUT2D eigenvalue weighted by atomic mass is 16.3. The first kappa shape index (κ1) is 50.1. The summed E-state index contributed by atoms with van der Waals surface area (Å²) in [6, 6.07) is -0.617. The fraction of sp³-hybridized carbons (Fsp3) is 0.936. The van der Waals surface area contributed by atoms with Crippen LogP contribution in [-0.2, 0) is 4.79 Å². The largest absolute Gasteiger partial charge is 0.394 e. The van der Waals surface area contributed by atoms with Crippen molar-refractivity contribution in [3.8, 4) is 0 Å². The molecule has 4 nitrogen and oxygen atoms in total. The van der Waals surface area contributed by atoms with Crippen LogP contribution in [0.5, 0.6) is 0 Å². The number of allylic oxidation sites excluding steroid dienone is 1. The highest BCUT2D eigenvalue weighted by molar-refractivity contribution is 5.76. The molecule has 3 N–H and O–H groups in total. The molecule has 51 heavy (non-hydrogen) atoms. The molecule has 1 amide bonds. The molecule has 2 atom stereocenters. The Morgan fingerprint density at radius 2 is 0.843 bits per heavy atom. The van der Waals surface area contributed by atoms with Gasteiger partial charge in [-0.1, -0.05) is 245 Å². The van der Waals surface area contributed by atoms with Crippen LogP contribution in [-0.4, -0.2) is 34.9 Å². The van der Waals surface area contributed by atoms with Crippen LogP contribution in [0.3, 0.4) is 0 Å². The van der Waals surface area contributed by atoms with Gasteiger partial charge in [-0.2, -0.15) is 0 Å². The van der Waals surface area contributed by atoms with Gasteiger partial charge >= 0.3 is 0 Å². The molecule has 0 saturated heterocycles. The summed E-state index contributed by atoms with van der Waals surface area (Å²) in [5, 5.41) is 23.0. The molecule has 0 fully saturated rings. The quantitative estimate of drug-likeness (QED) is 0.0434. The third kappa shape index (κ3) is 40.2. The Hall–Kier alpha value is -0.870. The number of rotatable bonds is 42. The lowest BCUT2D eigenvalue weighted by Gasteiger charge is -2.20. The molecule has 0 saturated carbocycles. The highest BCUT2D eigenvalue weighted by Crippen LogP contribution is 2.17. The maximum Gasteiger partial charge on any atom is 0.220 e. The van der Waals surface area contributed by atoms with Gasteiger partial charge in [0.25, 0.3) is 0 Å². The predicted molar refractivity (Wildman–Crippen MR) is 226 cm³/mol. The number of unbranched alkanes of at least 4 members (excludes halogenated alkanes) is 33. The molecule has 0 aliphatic rings. The van der Waals surface area contributed by atoms with Crippen molar-refractivity contribution in [3.05, 3.63) is 12.2 Å². The van der Waals surface area contributed by atoms with E-state index in [1.807, 2.05) is 6.08 Å². The number of aliphatic hydroxyl groups is 2. The van der Waals surface area contributed by atoms with Crippen molar-refractivity contribution in [2.75, 3.05) is 6.61 Å².